The number of rotatable bonds is 6. The summed E-state index contributed by atoms with van der Waals surface area (Å²) in [6, 6.07) is 10.2. The summed E-state index contributed by atoms with van der Waals surface area (Å²) in [6.07, 6.45) is 2.63. The number of sulfonamides is 1. The molecule has 0 bridgehead atoms. The summed E-state index contributed by atoms with van der Waals surface area (Å²) in [6.45, 7) is 2.42. The lowest BCUT2D eigenvalue weighted by Crippen LogP contribution is -2.41. The number of aliphatic carboxylic acids is 1. The van der Waals surface area contributed by atoms with Gasteiger partial charge in [0.2, 0.25) is 10.0 Å². The van der Waals surface area contributed by atoms with Gasteiger partial charge in [0, 0.05) is 13.1 Å². The molecule has 1 fully saturated rings. The maximum absolute atomic E-state index is 12.2. The van der Waals surface area contributed by atoms with Gasteiger partial charge in [-0.2, -0.15) is 0 Å². The van der Waals surface area contributed by atoms with E-state index < -0.39 is 21.9 Å². The number of benzene rings is 1. The predicted octanol–water partition coefficient (Wildman–Crippen LogP) is 1.99. The second-order valence-corrected chi connectivity index (χ2v) is 8.06. The first kappa shape index (κ1) is 17.0. The van der Waals surface area contributed by atoms with Crippen molar-refractivity contribution in [3.05, 3.63) is 35.9 Å². The average molecular weight is 325 g/mol. The Kier molecular flexibility index (Phi) is 5.58. The molecule has 1 aromatic carbocycles. The van der Waals surface area contributed by atoms with E-state index in [4.69, 9.17) is 5.11 Å². The van der Waals surface area contributed by atoms with Crippen molar-refractivity contribution >= 4 is 16.0 Å². The van der Waals surface area contributed by atoms with Gasteiger partial charge in [-0.05, 0) is 30.7 Å². The fraction of sp³-hybridized carbons (Fsp3) is 0.562. The number of carboxylic acids is 1. The monoisotopic (exact) mass is 325 g/mol. The highest BCUT2D eigenvalue weighted by atomic mass is 32.2. The fourth-order valence-electron chi connectivity index (χ4n) is 2.83. The molecule has 1 heterocycles. The molecule has 1 N–H and O–H groups in total. The van der Waals surface area contributed by atoms with E-state index in [9.17, 15) is 13.2 Å². The highest BCUT2D eigenvalue weighted by Gasteiger charge is 2.30. The third kappa shape index (κ3) is 4.55. The van der Waals surface area contributed by atoms with E-state index in [1.807, 2.05) is 18.2 Å². The third-order valence-electron chi connectivity index (χ3n) is 4.22. The zero-order valence-electron chi connectivity index (χ0n) is 12.8. The van der Waals surface area contributed by atoms with Crippen LogP contribution in [0.4, 0.5) is 0 Å². The molecule has 1 aliphatic rings. The van der Waals surface area contributed by atoms with Gasteiger partial charge in [-0.3, -0.25) is 4.79 Å². The van der Waals surface area contributed by atoms with E-state index in [0.29, 0.717) is 19.0 Å². The Morgan fingerprint density at radius 2 is 1.86 bits per heavy atom. The molecule has 1 unspecified atom stereocenters. The van der Waals surface area contributed by atoms with Crippen LogP contribution >= 0.6 is 0 Å². The van der Waals surface area contributed by atoms with Crippen LogP contribution in [0.3, 0.4) is 0 Å². The molecule has 0 aliphatic carbocycles. The van der Waals surface area contributed by atoms with Crippen LogP contribution in [-0.2, 0) is 21.2 Å². The minimum Gasteiger partial charge on any atom is -0.481 e. The Balaban J connectivity index is 1.87. The van der Waals surface area contributed by atoms with E-state index in [0.717, 1.165) is 19.3 Å². The number of nitrogens with zero attached hydrogens (tertiary/aromatic N) is 1. The van der Waals surface area contributed by atoms with E-state index >= 15 is 0 Å². The number of hydrogen-bond acceptors (Lipinski definition) is 3. The normalized spacial score (nSPS) is 19.0. The maximum atomic E-state index is 12.2. The summed E-state index contributed by atoms with van der Waals surface area (Å²) >= 11 is 0. The minimum absolute atomic E-state index is 0.314. The lowest BCUT2D eigenvalue weighted by Gasteiger charge is -2.31. The largest absolute Gasteiger partial charge is 0.481 e. The van der Waals surface area contributed by atoms with Gasteiger partial charge in [-0.15, -0.1) is 0 Å². The molecule has 1 atom stereocenters. The number of carboxylic acid groups (broad SMARTS) is 1. The van der Waals surface area contributed by atoms with Crippen molar-refractivity contribution in [1.82, 2.24) is 4.31 Å². The lowest BCUT2D eigenvalue weighted by molar-refractivity contribution is -0.140. The Morgan fingerprint density at radius 1 is 1.27 bits per heavy atom. The van der Waals surface area contributed by atoms with Gasteiger partial charge in [-0.25, -0.2) is 12.7 Å². The SMILES string of the molecule is CC(CS(=O)(=O)N1CCC(Cc2ccccc2)CC1)C(=O)O. The standard InChI is InChI=1S/C16H23NO4S/c1-13(16(18)19)12-22(20,21)17-9-7-15(8-10-17)11-14-5-3-2-4-6-14/h2-6,13,15H,7-12H2,1H3,(H,18,19). The van der Waals surface area contributed by atoms with Gasteiger partial charge in [0.05, 0.1) is 11.7 Å². The highest BCUT2D eigenvalue weighted by Crippen LogP contribution is 2.24. The Labute approximate surface area is 132 Å². The zero-order valence-corrected chi connectivity index (χ0v) is 13.6. The second kappa shape index (κ2) is 7.24. The molecule has 1 aromatic rings. The molecule has 0 spiro atoms. The maximum Gasteiger partial charge on any atom is 0.307 e. The molecule has 2 rings (SSSR count). The summed E-state index contributed by atoms with van der Waals surface area (Å²) in [5.41, 5.74) is 1.28. The van der Waals surface area contributed by atoms with Gasteiger partial charge in [0.25, 0.3) is 0 Å². The first-order valence-electron chi connectivity index (χ1n) is 7.63. The Hall–Kier alpha value is -1.40. The lowest BCUT2D eigenvalue weighted by atomic mass is 9.91. The van der Waals surface area contributed by atoms with Crippen LogP contribution in [0.1, 0.15) is 25.3 Å². The van der Waals surface area contributed by atoms with Crippen LogP contribution in [0.5, 0.6) is 0 Å². The first-order valence-corrected chi connectivity index (χ1v) is 9.24. The van der Waals surface area contributed by atoms with Gasteiger partial charge in [-0.1, -0.05) is 37.3 Å². The molecule has 0 saturated carbocycles. The second-order valence-electron chi connectivity index (χ2n) is 6.05. The minimum atomic E-state index is -3.47. The molecule has 0 radical (unpaired) electrons. The number of hydrogen-bond donors (Lipinski definition) is 1. The fourth-order valence-corrected chi connectivity index (χ4v) is 4.58. The smallest absolute Gasteiger partial charge is 0.307 e. The molecular formula is C16H23NO4S. The number of carbonyl (C=O) groups is 1. The van der Waals surface area contributed by atoms with E-state index in [2.05, 4.69) is 12.1 Å². The van der Waals surface area contributed by atoms with Crippen molar-refractivity contribution in [3.63, 3.8) is 0 Å². The summed E-state index contributed by atoms with van der Waals surface area (Å²) in [5.74, 6) is -1.76. The topological polar surface area (TPSA) is 74.7 Å². The van der Waals surface area contributed by atoms with Crippen molar-refractivity contribution in [3.8, 4) is 0 Å². The third-order valence-corrected chi connectivity index (χ3v) is 6.29. The molecule has 6 heteroatoms. The van der Waals surface area contributed by atoms with Crippen LogP contribution in [0, 0.1) is 11.8 Å². The van der Waals surface area contributed by atoms with Gasteiger partial charge < -0.3 is 5.11 Å². The summed E-state index contributed by atoms with van der Waals surface area (Å²) in [5, 5.41) is 8.87. The summed E-state index contributed by atoms with van der Waals surface area (Å²) in [4.78, 5) is 10.8. The highest BCUT2D eigenvalue weighted by molar-refractivity contribution is 7.89. The molecule has 1 saturated heterocycles. The molecule has 122 valence electrons. The van der Waals surface area contributed by atoms with Crippen LogP contribution in [0.2, 0.25) is 0 Å². The predicted molar refractivity (Wildman–Crippen MR) is 85.0 cm³/mol. The van der Waals surface area contributed by atoms with Crippen molar-refractivity contribution < 1.29 is 18.3 Å². The molecule has 0 amide bonds. The molecule has 5 nitrogen and oxygen atoms in total. The first-order chi connectivity index (χ1) is 10.4. The Bertz CT molecular complexity index is 592. The zero-order chi connectivity index (χ0) is 16.2. The average Bonchev–Trinajstić information content (AvgIpc) is 2.48. The van der Waals surface area contributed by atoms with Crippen molar-refractivity contribution in [2.75, 3.05) is 18.8 Å². The van der Waals surface area contributed by atoms with E-state index in [1.165, 1.54) is 16.8 Å². The molecule has 0 aromatic heterocycles. The van der Waals surface area contributed by atoms with E-state index in [1.54, 1.807) is 0 Å². The van der Waals surface area contributed by atoms with Gasteiger partial charge in [0.1, 0.15) is 0 Å². The van der Waals surface area contributed by atoms with Gasteiger partial charge in [0.15, 0.2) is 0 Å². The molecule has 22 heavy (non-hydrogen) atoms. The van der Waals surface area contributed by atoms with Crippen LogP contribution in [0.15, 0.2) is 30.3 Å². The van der Waals surface area contributed by atoms with Gasteiger partial charge >= 0.3 is 5.97 Å². The van der Waals surface area contributed by atoms with Crippen LogP contribution < -0.4 is 0 Å². The molecular weight excluding hydrogens is 302 g/mol. The van der Waals surface area contributed by atoms with Crippen LogP contribution in [0.25, 0.3) is 0 Å². The van der Waals surface area contributed by atoms with Crippen molar-refractivity contribution in [2.24, 2.45) is 11.8 Å². The summed E-state index contributed by atoms with van der Waals surface area (Å²) < 4.78 is 25.9. The summed E-state index contributed by atoms with van der Waals surface area (Å²) in [7, 11) is -3.47. The van der Waals surface area contributed by atoms with E-state index in [-0.39, 0.29) is 5.75 Å². The van der Waals surface area contributed by atoms with Crippen LogP contribution in [-0.4, -0.2) is 42.6 Å². The molecule has 1 aliphatic heterocycles. The Morgan fingerprint density at radius 3 is 2.41 bits per heavy atom. The van der Waals surface area contributed by atoms with Crippen molar-refractivity contribution in [2.45, 2.75) is 26.2 Å². The van der Waals surface area contributed by atoms with Crippen molar-refractivity contribution in [1.29, 1.82) is 0 Å². The number of piperidine rings is 1. The quantitative estimate of drug-likeness (QED) is 0.868.